The van der Waals surface area contributed by atoms with Crippen molar-refractivity contribution in [3.05, 3.63) is 90.3 Å². The van der Waals surface area contributed by atoms with E-state index in [2.05, 4.69) is 64.0 Å². The molecule has 5 heteroatoms. The van der Waals surface area contributed by atoms with Crippen LogP contribution in [0.15, 0.2) is 79.1 Å². The second kappa shape index (κ2) is 8.87. The van der Waals surface area contributed by atoms with Gasteiger partial charge in [-0.05, 0) is 53.1 Å². The van der Waals surface area contributed by atoms with Gasteiger partial charge in [-0.2, -0.15) is 0 Å². The molecule has 166 valence electrons. The number of nitrogens with zero attached hydrogens (tertiary/aromatic N) is 2. The fraction of sp³-hybridized carbons (Fsp3) is 0.179. The molecule has 5 rings (SSSR count). The molecule has 2 aromatic heterocycles. The number of pyridine rings is 1. The third-order valence-electron chi connectivity index (χ3n) is 6.07. The van der Waals surface area contributed by atoms with Crippen LogP contribution < -0.4 is 14.2 Å². The van der Waals surface area contributed by atoms with Gasteiger partial charge in [0.15, 0.2) is 11.5 Å². The molecule has 0 spiro atoms. The summed E-state index contributed by atoms with van der Waals surface area (Å²) in [5.74, 6) is 1.99. The average Bonchev–Trinajstić information content (AvgIpc) is 3.37. The van der Waals surface area contributed by atoms with E-state index in [0.29, 0.717) is 17.2 Å². The SMILES string of the molecule is COc1cc(CCc2ccc(-c3cc4ccccc4c4nccn34)cc2)cc(OC)c1OC. The smallest absolute Gasteiger partial charge is 0.203 e. The largest absolute Gasteiger partial charge is 0.493 e. The van der Waals surface area contributed by atoms with Gasteiger partial charge < -0.3 is 14.2 Å². The lowest BCUT2D eigenvalue weighted by Gasteiger charge is -2.14. The van der Waals surface area contributed by atoms with Crippen LogP contribution >= 0.6 is 0 Å². The molecular formula is C28H26N2O3. The first-order chi connectivity index (χ1) is 16.2. The molecule has 0 bridgehead atoms. The van der Waals surface area contributed by atoms with Gasteiger partial charge in [-0.25, -0.2) is 4.98 Å². The summed E-state index contributed by atoms with van der Waals surface area (Å²) in [6, 6.07) is 23.4. The standard InChI is InChI=1S/C28H26N2O3/c1-31-25-16-20(17-26(32-2)27(25)33-3)9-8-19-10-12-21(13-11-19)24-18-22-6-4-5-7-23(22)28-29-14-15-30(24)28/h4-7,10-18H,8-9H2,1-3H3. The van der Waals surface area contributed by atoms with Crippen LogP contribution in [-0.4, -0.2) is 30.7 Å². The monoisotopic (exact) mass is 438 g/mol. The molecule has 0 N–H and O–H groups in total. The predicted octanol–water partition coefficient (Wildman–Crippen LogP) is 5.97. The summed E-state index contributed by atoms with van der Waals surface area (Å²) in [6.07, 6.45) is 5.67. The minimum atomic E-state index is 0.620. The first kappa shape index (κ1) is 20.9. The number of benzene rings is 3. The van der Waals surface area contributed by atoms with Gasteiger partial charge in [0, 0.05) is 17.8 Å². The fourth-order valence-electron chi connectivity index (χ4n) is 4.37. The van der Waals surface area contributed by atoms with Crippen LogP contribution in [0.3, 0.4) is 0 Å². The lowest BCUT2D eigenvalue weighted by molar-refractivity contribution is 0.324. The van der Waals surface area contributed by atoms with Crippen molar-refractivity contribution < 1.29 is 14.2 Å². The predicted molar refractivity (Wildman–Crippen MR) is 132 cm³/mol. The normalized spacial score (nSPS) is 11.1. The van der Waals surface area contributed by atoms with E-state index in [-0.39, 0.29) is 0 Å². The highest BCUT2D eigenvalue weighted by Crippen LogP contribution is 2.38. The second-order valence-electron chi connectivity index (χ2n) is 7.97. The maximum Gasteiger partial charge on any atom is 0.203 e. The van der Waals surface area contributed by atoms with Crippen molar-refractivity contribution in [2.75, 3.05) is 21.3 Å². The third kappa shape index (κ3) is 3.87. The summed E-state index contributed by atoms with van der Waals surface area (Å²) in [5.41, 5.74) is 5.70. The Morgan fingerprint density at radius 2 is 1.45 bits per heavy atom. The van der Waals surface area contributed by atoms with Crippen molar-refractivity contribution >= 4 is 16.4 Å². The van der Waals surface area contributed by atoms with Crippen molar-refractivity contribution in [2.24, 2.45) is 0 Å². The van der Waals surface area contributed by atoms with Gasteiger partial charge in [0.2, 0.25) is 5.75 Å². The van der Waals surface area contributed by atoms with Crippen LogP contribution in [-0.2, 0) is 12.8 Å². The topological polar surface area (TPSA) is 45.0 Å². The van der Waals surface area contributed by atoms with Crippen LogP contribution in [0.4, 0.5) is 0 Å². The molecule has 0 unspecified atom stereocenters. The Labute approximate surface area is 193 Å². The highest BCUT2D eigenvalue weighted by Gasteiger charge is 2.13. The van der Waals surface area contributed by atoms with Gasteiger partial charge in [-0.15, -0.1) is 0 Å². The Balaban J connectivity index is 1.40. The zero-order chi connectivity index (χ0) is 22.8. The zero-order valence-electron chi connectivity index (χ0n) is 19.0. The average molecular weight is 439 g/mol. The van der Waals surface area contributed by atoms with Crippen LogP contribution in [0.2, 0.25) is 0 Å². The number of hydrogen-bond donors (Lipinski definition) is 0. The van der Waals surface area contributed by atoms with E-state index in [4.69, 9.17) is 14.2 Å². The van der Waals surface area contributed by atoms with Crippen LogP contribution in [0.5, 0.6) is 17.2 Å². The summed E-state index contributed by atoms with van der Waals surface area (Å²) in [4.78, 5) is 4.59. The molecule has 5 aromatic rings. The molecule has 0 saturated carbocycles. The quantitative estimate of drug-likeness (QED) is 0.314. The molecule has 0 radical (unpaired) electrons. The minimum absolute atomic E-state index is 0.620. The highest BCUT2D eigenvalue weighted by molar-refractivity contribution is 5.96. The summed E-state index contributed by atoms with van der Waals surface area (Å²) in [5, 5.41) is 2.35. The van der Waals surface area contributed by atoms with E-state index >= 15 is 0 Å². The number of aryl methyl sites for hydroxylation is 2. The molecule has 0 saturated heterocycles. The fourth-order valence-corrected chi connectivity index (χ4v) is 4.37. The van der Waals surface area contributed by atoms with E-state index < -0.39 is 0 Å². The summed E-state index contributed by atoms with van der Waals surface area (Å²) >= 11 is 0. The molecule has 0 atom stereocenters. The Kier molecular flexibility index (Phi) is 5.61. The molecule has 0 aliphatic carbocycles. The molecule has 0 aliphatic heterocycles. The zero-order valence-corrected chi connectivity index (χ0v) is 19.0. The van der Waals surface area contributed by atoms with E-state index in [1.807, 2.05) is 24.5 Å². The Bertz CT molecular complexity index is 1400. The Morgan fingerprint density at radius 3 is 2.15 bits per heavy atom. The minimum Gasteiger partial charge on any atom is -0.493 e. The van der Waals surface area contributed by atoms with Crippen molar-refractivity contribution in [3.63, 3.8) is 0 Å². The first-order valence-electron chi connectivity index (χ1n) is 10.9. The molecular weight excluding hydrogens is 412 g/mol. The number of imidazole rings is 1. The molecule has 5 nitrogen and oxygen atoms in total. The molecule has 3 aromatic carbocycles. The van der Waals surface area contributed by atoms with Crippen LogP contribution in [0, 0.1) is 0 Å². The second-order valence-corrected chi connectivity index (χ2v) is 7.97. The van der Waals surface area contributed by atoms with Gasteiger partial charge in [0.05, 0.1) is 27.0 Å². The van der Waals surface area contributed by atoms with E-state index in [1.165, 1.54) is 16.5 Å². The molecule has 33 heavy (non-hydrogen) atoms. The van der Waals surface area contributed by atoms with Gasteiger partial charge in [0.25, 0.3) is 0 Å². The number of aromatic nitrogens is 2. The maximum atomic E-state index is 5.48. The van der Waals surface area contributed by atoms with Gasteiger partial charge in [-0.1, -0.05) is 48.5 Å². The lowest BCUT2D eigenvalue weighted by atomic mass is 10.0. The summed E-state index contributed by atoms with van der Waals surface area (Å²) in [6.45, 7) is 0. The van der Waals surface area contributed by atoms with E-state index in [9.17, 15) is 0 Å². The molecule has 0 amide bonds. The third-order valence-corrected chi connectivity index (χ3v) is 6.07. The van der Waals surface area contributed by atoms with E-state index in [0.717, 1.165) is 35.1 Å². The molecule has 0 fully saturated rings. The number of fused-ring (bicyclic) bond motifs is 3. The van der Waals surface area contributed by atoms with Crippen molar-refractivity contribution in [3.8, 4) is 28.5 Å². The molecule has 0 aliphatic rings. The van der Waals surface area contributed by atoms with Crippen molar-refractivity contribution in [1.82, 2.24) is 9.38 Å². The lowest BCUT2D eigenvalue weighted by Crippen LogP contribution is -1.98. The number of ether oxygens (including phenoxy) is 3. The number of hydrogen-bond acceptors (Lipinski definition) is 4. The maximum absolute atomic E-state index is 5.48. The number of rotatable bonds is 7. The van der Waals surface area contributed by atoms with E-state index in [1.54, 1.807) is 21.3 Å². The first-order valence-corrected chi connectivity index (χ1v) is 10.9. The van der Waals surface area contributed by atoms with Gasteiger partial charge >= 0.3 is 0 Å². The molecule has 2 heterocycles. The van der Waals surface area contributed by atoms with Crippen molar-refractivity contribution in [2.45, 2.75) is 12.8 Å². The highest BCUT2D eigenvalue weighted by atomic mass is 16.5. The Hall–Kier alpha value is -3.99. The summed E-state index contributed by atoms with van der Waals surface area (Å²) < 4.78 is 18.6. The van der Waals surface area contributed by atoms with Crippen LogP contribution in [0.1, 0.15) is 11.1 Å². The van der Waals surface area contributed by atoms with Crippen LogP contribution in [0.25, 0.3) is 27.7 Å². The summed E-state index contributed by atoms with van der Waals surface area (Å²) in [7, 11) is 4.91. The Morgan fingerprint density at radius 1 is 0.758 bits per heavy atom. The van der Waals surface area contributed by atoms with Gasteiger partial charge in [0.1, 0.15) is 5.65 Å². The van der Waals surface area contributed by atoms with Gasteiger partial charge in [-0.3, -0.25) is 4.40 Å². The number of methoxy groups -OCH3 is 3. The van der Waals surface area contributed by atoms with Crippen molar-refractivity contribution in [1.29, 1.82) is 0 Å².